The van der Waals surface area contributed by atoms with Gasteiger partial charge in [0.05, 0.1) is 11.4 Å². The Morgan fingerprint density at radius 2 is 1.66 bits per heavy atom. The Bertz CT molecular complexity index is 943. The Balaban J connectivity index is 1.33. The number of amides is 1. The number of rotatable bonds is 4. The van der Waals surface area contributed by atoms with Gasteiger partial charge in [-0.15, -0.1) is 0 Å². The number of carbonyl (C=O) groups is 1. The van der Waals surface area contributed by atoms with Gasteiger partial charge in [-0.25, -0.2) is 8.42 Å². The average Bonchev–Trinajstić information content (AvgIpc) is 3.11. The maximum atomic E-state index is 13.1. The molecule has 0 spiro atoms. The minimum absolute atomic E-state index is 0.0616. The molecule has 2 fully saturated rings. The van der Waals surface area contributed by atoms with Crippen molar-refractivity contribution >= 4 is 15.9 Å². The molecule has 0 aromatic heterocycles. The molecule has 0 N–H and O–H groups in total. The maximum absolute atomic E-state index is 13.1. The van der Waals surface area contributed by atoms with E-state index in [4.69, 9.17) is 0 Å². The molecule has 1 aliphatic carbocycles. The van der Waals surface area contributed by atoms with Gasteiger partial charge < -0.3 is 4.90 Å². The first-order valence-corrected chi connectivity index (χ1v) is 12.8. The number of alkyl halides is 3. The summed E-state index contributed by atoms with van der Waals surface area (Å²) in [6.07, 6.45) is 0.0944. The average molecular weight is 474 g/mol. The first-order valence-electron chi connectivity index (χ1n) is 11.3. The highest BCUT2D eigenvalue weighted by Crippen LogP contribution is 2.29. The molecule has 1 aromatic rings. The number of fused-ring (bicyclic) bond motifs is 1. The fourth-order valence-electron chi connectivity index (χ4n) is 5.06. The third-order valence-corrected chi connectivity index (χ3v) is 8.71. The van der Waals surface area contributed by atoms with Crippen molar-refractivity contribution in [1.29, 1.82) is 0 Å². The highest BCUT2D eigenvalue weighted by Gasteiger charge is 2.36. The molecule has 0 saturated carbocycles. The van der Waals surface area contributed by atoms with Gasteiger partial charge in [0.25, 0.3) is 0 Å². The van der Waals surface area contributed by atoms with Crippen LogP contribution < -0.4 is 0 Å². The third-order valence-electron chi connectivity index (χ3n) is 6.81. The minimum Gasteiger partial charge on any atom is -0.341 e. The van der Waals surface area contributed by atoms with E-state index in [1.54, 1.807) is 17.0 Å². The van der Waals surface area contributed by atoms with Crippen LogP contribution in [0.3, 0.4) is 0 Å². The summed E-state index contributed by atoms with van der Waals surface area (Å²) in [5.74, 6) is -0.343. The molecule has 0 bridgehead atoms. The van der Waals surface area contributed by atoms with E-state index >= 15 is 0 Å². The van der Waals surface area contributed by atoms with Gasteiger partial charge in [0, 0.05) is 45.2 Å². The summed E-state index contributed by atoms with van der Waals surface area (Å²) < 4.78 is 65.6. The summed E-state index contributed by atoms with van der Waals surface area (Å²) in [6, 6.07) is 5.38. The molecular formula is C22H30F3N3O3S. The summed E-state index contributed by atoms with van der Waals surface area (Å²) in [5.41, 5.74) is 2.33. The number of piperidine rings is 1. The first-order chi connectivity index (χ1) is 15.1. The van der Waals surface area contributed by atoms with Crippen molar-refractivity contribution in [2.45, 2.75) is 49.6 Å². The predicted octanol–water partition coefficient (Wildman–Crippen LogP) is 2.67. The predicted molar refractivity (Wildman–Crippen MR) is 114 cm³/mol. The van der Waals surface area contributed by atoms with Gasteiger partial charge in [-0.2, -0.15) is 17.5 Å². The number of sulfonamides is 1. The topological polar surface area (TPSA) is 60.9 Å². The van der Waals surface area contributed by atoms with E-state index in [1.165, 1.54) is 14.8 Å². The molecule has 0 unspecified atom stereocenters. The molecule has 2 aliphatic heterocycles. The molecule has 1 amide bonds. The normalized spacial score (nSPS) is 22.0. The fraction of sp³-hybridized carbons (Fsp3) is 0.682. The van der Waals surface area contributed by atoms with Gasteiger partial charge >= 0.3 is 6.18 Å². The summed E-state index contributed by atoms with van der Waals surface area (Å²) >= 11 is 0. The third kappa shape index (κ3) is 5.28. The Morgan fingerprint density at radius 1 is 0.938 bits per heavy atom. The van der Waals surface area contributed by atoms with E-state index in [0.717, 1.165) is 24.8 Å². The number of nitrogens with zero attached hydrogens (tertiary/aromatic N) is 3. The van der Waals surface area contributed by atoms with Crippen molar-refractivity contribution in [2.75, 3.05) is 45.8 Å². The van der Waals surface area contributed by atoms with E-state index in [0.29, 0.717) is 37.2 Å². The van der Waals surface area contributed by atoms with Crippen molar-refractivity contribution in [3.05, 3.63) is 29.3 Å². The van der Waals surface area contributed by atoms with Crippen LogP contribution in [0.4, 0.5) is 13.2 Å². The molecule has 32 heavy (non-hydrogen) atoms. The quantitative estimate of drug-likeness (QED) is 0.675. The Kier molecular flexibility index (Phi) is 6.84. The van der Waals surface area contributed by atoms with Gasteiger partial charge in [0.1, 0.15) is 0 Å². The van der Waals surface area contributed by atoms with Crippen molar-refractivity contribution < 1.29 is 26.4 Å². The minimum atomic E-state index is -4.24. The zero-order valence-corrected chi connectivity index (χ0v) is 18.9. The summed E-state index contributed by atoms with van der Waals surface area (Å²) in [6.45, 7) is 0.864. The molecule has 6 nitrogen and oxygen atoms in total. The lowest BCUT2D eigenvalue weighted by molar-refractivity contribution is -0.145. The second kappa shape index (κ2) is 9.30. The Labute approximate surface area is 187 Å². The van der Waals surface area contributed by atoms with E-state index in [2.05, 4.69) is 0 Å². The fourth-order valence-corrected chi connectivity index (χ4v) is 6.58. The lowest BCUT2D eigenvalue weighted by Gasteiger charge is -2.33. The van der Waals surface area contributed by atoms with Crippen LogP contribution in [0.1, 0.15) is 36.8 Å². The van der Waals surface area contributed by atoms with E-state index in [1.807, 2.05) is 6.07 Å². The molecule has 3 aliphatic rings. The van der Waals surface area contributed by atoms with Crippen molar-refractivity contribution in [1.82, 2.24) is 14.1 Å². The van der Waals surface area contributed by atoms with Crippen molar-refractivity contribution in [2.24, 2.45) is 5.92 Å². The Morgan fingerprint density at radius 3 is 2.38 bits per heavy atom. The van der Waals surface area contributed by atoms with Crippen LogP contribution in [0.2, 0.25) is 0 Å². The van der Waals surface area contributed by atoms with Crippen LogP contribution in [-0.2, 0) is 27.7 Å². The molecule has 0 atom stereocenters. The number of benzene rings is 1. The maximum Gasteiger partial charge on any atom is 0.401 e. The molecule has 4 rings (SSSR count). The SMILES string of the molecule is O=C(C1CCN(S(=O)(=O)c2ccc3c(c2)CCC3)CC1)N1CCCN(CC(F)(F)F)CC1. The second-order valence-corrected chi connectivity index (χ2v) is 11.0. The van der Waals surface area contributed by atoms with Gasteiger partial charge in [-0.3, -0.25) is 9.69 Å². The highest BCUT2D eigenvalue weighted by atomic mass is 32.2. The lowest BCUT2D eigenvalue weighted by Crippen LogP contribution is -2.45. The number of hydrogen-bond acceptors (Lipinski definition) is 4. The van der Waals surface area contributed by atoms with Crippen LogP contribution in [0.25, 0.3) is 0 Å². The van der Waals surface area contributed by atoms with Crippen LogP contribution >= 0.6 is 0 Å². The summed E-state index contributed by atoms with van der Waals surface area (Å²) in [7, 11) is -3.59. The van der Waals surface area contributed by atoms with Gasteiger partial charge in [0.2, 0.25) is 15.9 Å². The first kappa shape index (κ1) is 23.5. The summed E-state index contributed by atoms with van der Waals surface area (Å²) in [4.78, 5) is 16.3. The monoisotopic (exact) mass is 473 g/mol. The van der Waals surface area contributed by atoms with Gasteiger partial charge in [0.15, 0.2) is 0 Å². The smallest absolute Gasteiger partial charge is 0.341 e. The van der Waals surface area contributed by atoms with Gasteiger partial charge in [-0.05, 0) is 61.8 Å². The molecule has 2 saturated heterocycles. The summed E-state index contributed by atoms with van der Waals surface area (Å²) in [5, 5.41) is 0. The standard InChI is InChI=1S/C22H30F3N3O3S/c23-22(24,25)16-26-9-2-10-27(14-13-26)21(29)18-7-11-28(12-8-18)32(30,31)20-6-5-17-3-1-4-19(17)15-20/h5-6,15,18H,1-4,7-14,16H2. The lowest BCUT2D eigenvalue weighted by atomic mass is 9.96. The number of halogens is 3. The zero-order valence-electron chi connectivity index (χ0n) is 18.1. The number of aryl methyl sites for hydroxylation is 2. The van der Waals surface area contributed by atoms with Crippen molar-refractivity contribution in [3.8, 4) is 0 Å². The van der Waals surface area contributed by atoms with Crippen LogP contribution in [-0.4, -0.2) is 80.4 Å². The molecule has 178 valence electrons. The highest BCUT2D eigenvalue weighted by molar-refractivity contribution is 7.89. The number of hydrogen-bond donors (Lipinski definition) is 0. The van der Waals surface area contributed by atoms with Crippen LogP contribution in [0.5, 0.6) is 0 Å². The van der Waals surface area contributed by atoms with Crippen LogP contribution in [0.15, 0.2) is 23.1 Å². The van der Waals surface area contributed by atoms with Crippen LogP contribution in [0, 0.1) is 5.92 Å². The second-order valence-electron chi connectivity index (χ2n) is 9.03. The molecular weight excluding hydrogens is 443 g/mol. The van der Waals surface area contributed by atoms with E-state index < -0.39 is 22.7 Å². The van der Waals surface area contributed by atoms with Gasteiger partial charge in [-0.1, -0.05) is 6.07 Å². The zero-order chi connectivity index (χ0) is 22.9. The van der Waals surface area contributed by atoms with E-state index in [9.17, 15) is 26.4 Å². The largest absolute Gasteiger partial charge is 0.401 e. The van der Waals surface area contributed by atoms with E-state index in [-0.39, 0.29) is 38.0 Å². The Hall–Kier alpha value is -1.65. The molecule has 10 heteroatoms. The molecule has 0 radical (unpaired) electrons. The van der Waals surface area contributed by atoms with Crippen molar-refractivity contribution in [3.63, 3.8) is 0 Å². The number of carbonyl (C=O) groups excluding carboxylic acids is 1. The molecule has 1 aromatic carbocycles. The molecule has 2 heterocycles.